The van der Waals surface area contributed by atoms with E-state index in [4.69, 9.17) is 11.6 Å². The summed E-state index contributed by atoms with van der Waals surface area (Å²) < 4.78 is 0. The molecule has 0 fully saturated rings. The molecule has 70 valence electrons. The van der Waals surface area contributed by atoms with Crippen LogP contribution in [-0.2, 0) is 0 Å². The first-order valence-electron chi connectivity index (χ1n) is 4.18. The standard InChI is InChI=1S/C10H8ClN3/c1-7-8(3-2-6-12-7)9-4-5-10(11)14-13-9/h2-6H,1H3. The second kappa shape index (κ2) is 3.72. The van der Waals surface area contributed by atoms with Crippen LogP contribution in [0.2, 0.25) is 5.15 Å². The number of nitrogens with zero attached hydrogens (tertiary/aromatic N) is 3. The molecule has 14 heavy (non-hydrogen) atoms. The van der Waals surface area contributed by atoms with Crippen LogP contribution in [0.25, 0.3) is 11.3 Å². The Morgan fingerprint density at radius 2 is 2.00 bits per heavy atom. The number of aryl methyl sites for hydroxylation is 1. The van der Waals surface area contributed by atoms with Crippen LogP contribution in [0.1, 0.15) is 5.69 Å². The normalized spacial score (nSPS) is 10.1. The molecule has 2 rings (SSSR count). The highest BCUT2D eigenvalue weighted by Gasteiger charge is 2.03. The van der Waals surface area contributed by atoms with E-state index in [0.717, 1.165) is 17.0 Å². The summed E-state index contributed by atoms with van der Waals surface area (Å²) >= 11 is 5.65. The lowest BCUT2D eigenvalue weighted by Gasteiger charge is -2.01. The summed E-state index contributed by atoms with van der Waals surface area (Å²) in [6.07, 6.45) is 1.75. The maximum Gasteiger partial charge on any atom is 0.151 e. The van der Waals surface area contributed by atoms with E-state index in [0.29, 0.717) is 5.15 Å². The van der Waals surface area contributed by atoms with Crippen LogP contribution in [0.5, 0.6) is 0 Å². The van der Waals surface area contributed by atoms with E-state index < -0.39 is 0 Å². The van der Waals surface area contributed by atoms with Crippen LogP contribution in [0.4, 0.5) is 0 Å². The predicted molar refractivity (Wildman–Crippen MR) is 55.0 cm³/mol. The Balaban J connectivity index is 2.50. The summed E-state index contributed by atoms with van der Waals surface area (Å²) in [5.41, 5.74) is 2.71. The van der Waals surface area contributed by atoms with Crippen molar-refractivity contribution in [3.05, 3.63) is 41.3 Å². The van der Waals surface area contributed by atoms with Crippen molar-refractivity contribution in [2.75, 3.05) is 0 Å². The monoisotopic (exact) mass is 205 g/mol. The number of hydrogen-bond donors (Lipinski definition) is 0. The predicted octanol–water partition coefficient (Wildman–Crippen LogP) is 2.50. The molecule has 2 aromatic rings. The van der Waals surface area contributed by atoms with Crippen LogP contribution >= 0.6 is 11.6 Å². The average molecular weight is 206 g/mol. The fraction of sp³-hybridized carbons (Fsp3) is 0.100. The maximum atomic E-state index is 5.65. The summed E-state index contributed by atoms with van der Waals surface area (Å²) in [5, 5.41) is 8.17. The minimum absolute atomic E-state index is 0.398. The Morgan fingerprint density at radius 1 is 1.14 bits per heavy atom. The minimum Gasteiger partial charge on any atom is -0.261 e. The first-order valence-corrected chi connectivity index (χ1v) is 4.56. The van der Waals surface area contributed by atoms with Gasteiger partial charge in [-0.2, -0.15) is 0 Å². The second-order valence-corrected chi connectivity index (χ2v) is 3.26. The highest BCUT2D eigenvalue weighted by molar-refractivity contribution is 6.29. The minimum atomic E-state index is 0.398. The SMILES string of the molecule is Cc1ncccc1-c1ccc(Cl)nn1. The van der Waals surface area contributed by atoms with E-state index >= 15 is 0 Å². The van der Waals surface area contributed by atoms with E-state index in [1.54, 1.807) is 12.3 Å². The smallest absolute Gasteiger partial charge is 0.151 e. The zero-order valence-corrected chi connectivity index (χ0v) is 8.36. The molecular formula is C10H8ClN3. The van der Waals surface area contributed by atoms with Crippen molar-refractivity contribution in [2.24, 2.45) is 0 Å². The summed E-state index contributed by atoms with van der Waals surface area (Å²) in [6.45, 7) is 1.94. The van der Waals surface area contributed by atoms with Crippen molar-refractivity contribution in [3.63, 3.8) is 0 Å². The first kappa shape index (κ1) is 9.09. The number of aromatic nitrogens is 3. The molecule has 2 heterocycles. The molecule has 0 aliphatic carbocycles. The van der Waals surface area contributed by atoms with Crippen LogP contribution in [0.3, 0.4) is 0 Å². The lowest BCUT2D eigenvalue weighted by molar-refractivity contribution is 1.03. The topological polar surface area (TPSA) is 38.7 Å². The van der Waals surface area contributed by atoms with Gasteiger partial charge in [0.25, 0.3) is 0 Å². The molecule has 4 heteroatoms. The Bertz CT molecular complexity index is 439. The van der Waals surface area contributed by atoms with Crippen molar-refractivity contribution >= 4 is 11.6 Å². The van der Waals surface area contributed by atoms with Gasteiger partial charge < -0.3 is 0 Å². The van der Waals surface area contributed by atoms with Gasteiger partial charge in [-0.3, -0.25) is 4.98 Å². The van der Waals surface area contributed by atoms with Gasteiger partial charge in [-0.05, 0) is 31.2 Å². The van der Waals surface area contributed by atoms with Crippen LogP contribution < -0.4 is 0 Å². The van der Waals surface area contributed by atoms with Crippen molar-refractivity contribution in [1.82, 2.24) is 15.2 Å². The molecule has 0 N–H and O–H groups in total. The maximum absolute atomic E-state index is 5.65. The van der Waals surface area contributed by atoms with Gasteiger partial charge in [0.2, 0.25) is 0 Å². The molecule has 0 amide bonds. The van der Waals surface area contributed by atoms with Gasteiger partial charge in [0, 0.05) is 17.5 Å². The summed E-state index contributed by atoms with van der Waals surface area (Å²) in [7, 11) is 0. The van der Waals surface area contributed by atoms with E-state index in [-0.39, 0.29) is 0 Å². The second-order valence-electron chi connectivity index (χ2n) is 2.88. The highest BCUT2D eigenvalue weighted by atomic mass is 35.5. The third-order valence-corrected chi connectivity index (χ3v) is 2.12. The molecule has 0 saturated heterocycles. The van der Waals surface area contributed by atoms with Gasteiger partial charge in [0.1, 0.15) is 0 Å². The molecule has 2 aromatic heterocycles. The summed E-state index contributed by atoms with van der Waals surface area (Å²) in [4.78, 5) is 4.18. The molecule has 0 aliphatic rings. The first-order chi connectivity index (χ1) is 6.77. The molecular weight excluding hydrogens is 198 g/mol. The van der Waals surface area contributed by atoms with Crippen molar-refractivity contribution in [1.29, 1.82) is 0 Å². The van der Waals surface area contributed by atoms with Gasteiger partial charge in [0.05, 0.1) is 5.69 Å². The van der Waals surface area contributed by atoms with Crippen molar-refractivity contribution in [3.8, 4) is 11.3 Å². The molecule has 0 bridgehead atoms. The Labute approximate surface area is 86.8 Å². The molecule has 0 radical (unpaired) electrons. The van der Waals surface area contributed by atoms with E-state index in [1.807, 2.05) is 25.1 Å². The largest absolute Gasteiger partial charge is 0.261 e. The zero-order chi connectivity index (χ0) is 9.97. The fourth-order valence-corrected chi connectivity index (χ4v) is 1.32. The summed E-state index contributed by atoms with van der Waals surface area (Å²) in [6, 6.07) is 7.38. The van der Waals surface area contributed by atoms with Crippen LogP contribution in [-0.4, -0.2) is 15.2 Å². The van der Waals surface area contributed by atoms with E-state index in [1.165, 1.54) is 0 Å². The Hall–Kier alpha value is -1.48. The number of pyridine rings is 1. The average Bonchev–Trinajstić information content (AvgIpc) is 2.20. The van der Waals surface area contributed by atoms with E-state index in [2.05, 4.69) is 15.2 Å². The third kappa shape index (κ3) is 1.72. The molecule has 0 aliphatic heterocycles. The zero-order valence-electron chi connectivity index (χ0n) is 7.61. The third-order valence-electron chi connectivity index (χ3n) is 1.91. The fourth-order valence-electron chi connectivity index (χ4n) is 1.21. The molecule has 0 aromatic carbocycles. The quantitative estimate of drug-likeness (QED) is 0.718. The highest BCUT2D eigenvalue weighted by Crippen LogP contribution is 2.18. The van der Waals surface area contributed by atoms with Gasteiger partial charge in [-0.15, -0.1) is 10.2 Å². The summed E-state index contributed by atoms with van der Waals surface area (Å²) in [5.74, 6) is 0. The molecule has 0 saturated carbocycles. The number of hydrogen-bond acceptors (Lipinski definition) is 3. The number of rotatable bonds is 1. The van der Waals surface area contributed by atoms with Crippen molar-refractivity contribution < 1.29 is 0 Å². The van der Waals surface area contributed by atoms with E-state index in [9.17, 15) is 0 Å². The molecule has 0 unspecified atom stereocenters. The Morgan fingerprint density at radius 3 is 2.64 bits per heavy atom. The molecule has 0 atom stereocenters. The lowest BCUT2D eigenvalue weighted by atomic mass is 10.1. The van der Waals surface area contributed by atoms with Crippen molar-refractivity contribution in [2.45, 2.75) is 6.92 Å². The van der Waals surface area contributed by atoms with Gasteiger partial charge in [-0.25, -0.2) is 0 Å². The van der Waals surface area contributed by atoms with Gasteiger partial charge in [-0.1, -0.05) is 11.6 Å². The van der Waals surface area contributed by atoms with Gasteiger partial charge in [0.15, 0.2) is 5.15 Å². The Kier molecular flexibility index (Phi) is 2.41. The van der Waals surface area contributed by atoms with Gasteiger partial charge >= 0.3 is 0 Å². The van der Waals surface area contributed by atoms with Crippen LogP contribution in [0, 0.1) is 6.92 Å². The molecule has 3 nitrogen and oxygen atoms in total. The lowest BCUT2D eigenvalue weighted by Crippen LogP contribution is -1.91. The molecule has 0 spiro atoms. The van der Waals surface area contributed by atoms with Crippen LogP contribution in [0.15, 0.2) is 30.5 Å². The number of halogens is 1.